The molecule has 0 saturated heterocycles. The Morgan fingerprint density at radius 3 is 1.74 bits per heavy atom. The van der Waals surface area contributed by atoms with Crippen molar-refractivity contribution in [3.8, 4) is 0 Å². The molecule has 0 aliphatic carbocycles. The maximum atomic E-state index is 12.4. The summed E-state index contributed by atoms with van der Waals surface area (Å²) >= 11 is 0. The highest BCUT2D eigenvalue weighted by Gasteiger charge is 2.27. The van der Waals surface area contributed by atoms with Gasteiger partial charge in [0.15, 0.2) is 0 Å². The summed E-state index contributed by atoms with van der Waals surface area (Å²) in [5, 5.41) is 17.5. The number of aliphatic carboxylic acids is 1. The van der Waals surface area contributed by atoms with Crippen LogP contribution in [0.25, 0.3) is 0 Å². The Kier molecular flexibility index (Phi) is 8.10. The number of aromatic carboxylic acids is 1. The average Bonchev–Trinajstić information content (AvgIpc) is 2.70. The summed E-state index contributed by atoms with van der Waals surface area (Å²) in [4.78, 5) is 45.5. The third-order valence-corrected chi connectivity index (χ3v) is 5.18. The van der Waals surface area contributed by atoms with Crippen molar-refractivity contribution < 1.29 is 43.0 Å². The van der Waals surface area contributed by atoms with Gasteiger partial charge in [-0.3, -0.25) is 9.59 Å². The molecule has 0 saturated carbocycles. The first-order valence-electron chi connectivity index (χ1n) is 9.22. The van der Waals surface area contributed by atoms with E-state index in [1.807, 2.05) is 0 Å². The van der Waals surface area contributed by atoms with Gasteiger partial charge in [-0.2, -0.15) is 0 Å². The van der Waals surface area contributed by atoms with Gasteiger partial charge in [0.1, 0.15) is 0 Å². The van der Waals surface area contributed by atoms with Crippen molar-refractivity contribution in [3.63, 3.8) is 0 Å². The van der Waals surface area contributed by atoms with Crippen LogP contribution >= 0.6 is 7.60 Å². The fraction of sp³-hybridized carbons (Fsp3) is 0.238. The Balaban J connectivity index is 1.86. The third kappa shape index (κ3) is 8.06. The van der Waals surface area contributed by atoms with Gasteiger partial charge in [0, 0.05) is 12.8 Å². The molecule has 0 radical (unpaired) electrons. The van der Waals surface area contributed by atoms with Crippen molar-refractivity contribution in [2.75, 3.05) is 6.66 Å². The van der Waals surface area contributed by atoms with Crippen LogP contribution in [0, 0.1) is 0 Å². The molecule has 2 N–H and O–H groups in total. The smallest absolute Gasteiger partial charge is 0.432 e. The van der Waals surface area contributed by atoms with E-state index in [1.165, 1.54) is 24.3 Å². The first-order chi connectivity index (χ1) is 14.6. The quantitative estimate of drug-likeness (QED) is 0.521. The molecule has 0 spiro atoms. The van der Waals surface area contributed by atoms with Crippen molar-refractivity contribution in [2.24, 2.45) is 0 Å². The Morgan fingerprint density at radius 1 is 0.774 bits per heavy atom. The zero-order valence-electron chi connectivity index (χ0n) is 16.6. The molecule has 0 aromatic heterocycles. The van der Waals surface area contributed by atoms with Gasteiger partial charge in [0.05, 0.1) is 17.8 Å². The Morgan fingerprint density at radius 2 is 1.26 bits per heavy atom. The zero-order valence-corrected chi connectivity index (χ0v) is 17.5. The SMILES string of the molecule is CP(=O)(OC(=O)CCc1ccc(C(=O)O)cc1)OC(=O)c1ccc(CCC(=O)O)cc1. The Labute approximate surface area is 178 Å². The van der Waals surface area contributed by atoms with Crippen LogP contribution in [0.1, 0.15) is 44.7 Å². The van der Waals surface area contributed by atoms with Gasteiger partial charge in [0.2, 0.25) is 0 Å². The minimum atomic E-state index is -4.00. The number of aryl methyl sites for hydroxylation is 2. The second-order valence-corrected chi connectivity index (χ2v) is 8.61. The maximum Gasteiger partial charge on any atom is 0.432 e. The summed E-state index contributed by atoms with van der Waals surface area (Å²) in [5.41, 5.74) is 1.59. The predicted octanol–water partition coefficient (Wildman–Crippen LogP) is 3.56. The number of benzene rings is 2. The lowest BCUT2D eigenvalue weighted by Crippen LogP contribution is -2.09. The maximum absolute atomic E-state index is 12.4. The van der Waals surface area contributed by atoms with Crippen LogP contribution in [0.5, 0.6) is 0 Å². The van der Waals surface area contributed by atoms with Crippen molar-refractivity contribution in [1.82, 2.24) is 0 Å². The van der Waals surface area contributed by atoms with Gasteiger partial charge < -0.3 is 19.3 Å². The van der Waals surface area contributed by atoms with E-state index in [0.717, 1.165) is 6.66 Å². The first-order valence-corrected chi connectivity index (χ1v) is 11.2. The molecule has 0 aliphatic rings. The highest BCUT2D eigenvalue weighted by atomic mass is 31.2. The van der Waals surface area contributed by atoms with E-state index in [9.17, 15) is 23.7 Å². The predicted molar refractivity (Wildman–Crippen MR) is 109 cm³/mol. The number of carbonyl (C=O) groups excluding carboxylic acids is 2. The number of rotatable bonds is 10. The van der Waals surface area contributed by atoms with Crippen molar-refractivity contribution >= 4 is 31.5 Å². The topological polar surface area (TPSA) is 144 Å². The van der Waals surface area contributed by atoms with Gasteiger partial charge in [-0.1, -0.05) is 24.3 Å². The van der Waals surface area contributed by atoms with E-state index in [2.05, 4.69) is 0 Å². The summed E-state index contributed by atoms with van der Waals surface area (Å²) < 4.78 is 22.0. The Bertz CT molecular complexity index is 1010. The molecule has 0 bridgehead atoms. The molecule has 0 heterocycles. The van der Waals surface area contributed by atoms with E-state index in [-0.39, 0.29) is 30.4 Å². The van der Waals surface area contributed by atoms with Crippen LogP contribution < -0.4 is 0 Å². The van der Waals surface area contributed by atoms with Crippen molar-refractivity contribution in [3.05, 3.63) is 70.8 Å². The molecule has 1 unspecified atom stereocenters. The zero-order chi connectivity index (χ0) is 23.0. The lowest BCUT2D eigenvalue weighted by atomic mass is 10.1. The summed E-state index contributed by atoms with van der Waals surface area (Å²) in [6, 6.07) is 11.9. The van der Waals surface area contributed by atoms with E-state index in [4.69, 9.17) is 19.3 Å². The normalized spacial score (nSPS) is 12.4. The van der Waals surface area contributed by atoms with E-state index in [1.54, 1.807) is 24.3 Å². The highest BCUT2D eigenvalue weighted by Crippen LogP contribution is 2.45. The fourth-order valence-corrected chi connectivity index (χ4v) is 3.48. The van der Waals surface area contributed by atoms with Crippen LogP contribution in [-0.2, 0) is 36.0 Å². The van der Waals surface area contributed by atoms with E-state index < -0.39 is 31.5 Å². The second-order valence-electron chi connectivity index (χ2n) is 6.71. The van der Waals surface area contributed by atoms with E-state index in [0.29, 0.717) is 17.5 Å². The summed E-state index contributed by atoms with van der Waals surface area (Å²) in [6.45, 7) is 1.01. The number of carboxylic acids is 2. The standard InChI is InChI=1S/C21H21O9P/c1-31(28,29-19(24)13-7-15-2-8-16(9-3-15)20(25)26)30-21(27)17-10-4-14(5-11-17)6-12-18(22)23/h2-5,8-11H,6-7,12-13H2,1H3,(H,22,23)(H,25,26). The largest absolute Gasteiger partial charge is 0.481 e. The number of carboxylic acid groups (broad SMARTS) is 2. The monoisotopic (exact) mass is 448 g/mol. The van der Waals surface area contributed by atoms with Gasteiger partial charge in [-0.25, -0.2) is 14.2 Å². The molecule has 2 aromatic carbocycles. The molecule has 0 amide bonds. The molecule has 31 heavy (non-hydrogen) atoms. The summed E-state index contributed by atoms with van der Waals surface area (Å²) in [5.74, 6) is -3.76. The van der Waals surface area contributed by atoms with Crippen LogP contribution in [-0.4, -0.2) is 40.8 Å². The van der Waals surface area contributed by atoms with Gasteiger partial charge in [-0.05, 0) is 48.2 Å². The molecule has 0 aliphatic heterocycles. The van der Waals surface area contributed by atoms with Crippen LogP contribution in [0.2, 0.25) is 0 Å². The van der Waals surface area contributed by atoms with Crippen LogP contribution in [0.3, 0.4) is 0 Å². The summed E-state index contributed by atoms with van der Waals surface area (Å²) in [6.07, 6.45) is 0.339. The molecular weight excluding hydrogens is 427 g/mol. The van der Waals surface area contributed by atoms with Gasteiger partial charge in [0.25, 0.3) is 0 Å². The first kappa shape index (κ1) is 23.8. The molecule has 1 atom stereocenters. The Hall–Kier alpha value is -3.45. The highest BCUT2D eigenvalue weighted by molar-refractivity contribution is 7.54. The van der Waals surface area contributed by atoms with E-state index >= 15 is 0 Å². The number of hydrogen-bond acceptors (Lipinski definition) is 7. The van der Waals surface area contributed by atoms with Gasteiger partial charge in [-0.15, -0.1) is 0 Å². The molecule has 10 heteroatoms. The second kappa shape index (κ2) is 10.5. The lowest BCUT2D eigenvalue weighted by molar-refractivity contribution is -0.137. The molecule has 9 nitrogen and oxygen atoms in total. The molecule has 164 valence electrons. The number of carbonyl (C=O) groups is 4. The number of hydrogen-bond donors (Lipinski definition) is 2. The molecule has 2 rings (SSSR count). The van der Waals surface area contributed by atoms with Crippen molar-refractivity contribution in [2.45, 2.75) is 25.7 Å². The van der Waals surface area contributed by atoms with Gasteiger partial charge >= 0.3 is 31.5 Å². The van der Waals surface area contributed by atoms with Crippen molar-refractivity contribution in [1.29, 1.82) is 0 Å². The fourth-order valence-electron chi connectivity index (χ4n) is 2.57. The average molecular weight is 448 g/mol. The van der Waals surface area contributed by atoms with Crippen LogP contribution in [0.15, 0.2) is 48.5 Å². The van der Waals surface area contributed by atoms with Crippen LogP contribution in [0.4, 0.5) is 0 Å². The minimum Gasteiger partial charge on any atom is -0.481 e. The lowest BCUT2D eigenvalue weighted by Gasteiger charge is -2.14. The third-order valence-electron chi connectivity index (χ3n) is 4.15. The summed E-state index contributed by atoms with van der Waals surface area (Å²) in [7, 11) is -4.00. The molecule has 0 fully saturated rings. The minimum absolute atomic E-state index is 0.0480. The molecule has 2 aromatic rings. The molecular formula is C21H21O9P.